The second kappa shape index (κ2) is 5.86. The summed E-state index contributed by atoms with van der Waals surface area (Å²) in [7, 11) is 0. The van der Waals surface area contributed by atoms with Gasteiger partial charge >= 0.3 is 5.97 Å². The SMILES string of the molecule is CCCOc1cc(N2CC(C)C(C(=O)O)C2)ncn1. The Labute approximate surface area is 112 Å². The van der Waals surface area contributed by atoms with Gasteiger partial charge in [0, 0.05) is 19.2 Å². The smallest absolute Gasteiger partial charge is 0.308 e. The highest BCUT2D eigenvalue weighted by molar-refractivity contribution is 5.72. The van der Waals surface area contributed by atoms with Crippen LogP contribution in [0.2, 0.25) is 0 Å². The second-order valence-electron chi connectivity index (χ2n) is 4.89. The van der Waals surface area contributed by atoms with Gasteiger partial charge in [0.15, 0.2) is 0 Å². The average molecular weight is 265 g/mol. The Hall–Kier alpha value is -1.85. The molecule has 2 heterocycles. The number of carbonyl (C=O) groups is 1. The van der Waals surface area contributed by atoms with Gasteiger partial charge in [-0.15, -0.1) is 0 Å². The van der Waals surface area contributed by atoms with Gasteiger partial charge in [0.1, 0.15) is 12.1 Å². The molecule has 1 aromatic rings. The third-order valence-corrected chi connectivity index (χ3v) is 3.34. The van der Waals surface area contributed by atoms with Crippen LogP contribution in [0.5, 0.6) is 5.88 Å². The minimum absolute atomic E-state index is 0.118. The molecule has 0 amide bonds. The first-order chi connectivity index (χ1) is 9.11. The van der Waals surface area contributed by atoms with Crippen molar-refractivity contribution in [2.75, 3.05) is 24.6 Å². The van der Waals surface area contributed by atoms with Crippen LogP contribution in [-0.2, 0) is 4.79 Å². The van der Waals surface area contributed by atoms with Crippen LogP contribution < -0.4 is 9.64 Å². The molecular formula is C13H19N3O3. The molecule has 0 aliphatic carbocycles. The Morgan fingerprint density at radius 2 is 2.32 bits per heavy atom. The van der Waals surface area contributed by atoms with E-state index in [9.17, 15) is 4.79 Å². The topological polar surface area (TPSA) is 75.5 Å². The summed E-state index contributed by atoms with van der Waals surface area (Å²) in [4.78, 5) is 21.3. The first-order valence-electron chi connectivity index (χ1n) is 6.54. The first-order valence-corrected chi connectivity index (χ1v) is 6.54. The van der Waals surface area contributed by atoms with E-state index in [1.54, 1.807) is 6.07 Å². The highest BCUT2D eigenvalue weighted by Gasteiger charge is 2.35. The number of hydrogen-bond donors (Lipinski definition) is 1. The molecule has 2 rings (SSSR count). The van der Waals surface area contributed by atoms with Crippen LogP contribution in [0.1, 0.15) is 20.3 Å². The van der Waals surface area contributed by atoms with Gasteiger partial charge in [-0.1, -0.05) is 13.8 Å². The zero-order valence-electron chi connectivity index (χ0n) is 11.2. The molecule has 1 fully saturated rings. The van der Waals surface area contributed by atoms with Crippen LogP contribution in [0, 0.1) is 11.8 Å². The summed E-state index contributed by atoms with van der Waals surface area (Å²) in [6, 6.07) is 1.77. The van der Waals surface area contributed by atoms with Crippen molar-refractivity contribution in [3.8, 4) is 5.88 Å². The highest BCUT2D eigenvalue weighted by atomic mass is 16.5. The lowest BCUT2D eigenvalue weighted by molar-refractivity contribution is -0.142. The summed E-state index contributed by atoms with van der Waals surface area (Å²) in [5.74, 6) is 0.309. The van der Waals surface area contributed by atoms with Gasteiger partial charge in [-0.25, -0.2) is 9.97 Å². The van der Waals surface area contributed by atoms with Crippen molar-refractivity contribution in [2.24, 2.45) is 11.8 Å². The lowest BCUT2D eigenvalue weighted by atomic mass is 9.99. The van der Waals surface area contributed by atoms with E-state index < -0.39 is 5.97 Å². The summed E-state index contributed by atoms with van der Waals surface area (Å²) in [6.45, 7) is 5.78. The molecule has 1 saturated heterocycles. The second-order valence-corrected chi connectivity index (χ2v) is 4.89. The summed E-state index contributed by atoms with van der Waals surface area (Å²) >= 11 is 0. The molecule has 0 saturated carbocycles. The fourth-order valence-electron chi connectivity index (χ4n) is 2.26. The van der Waals surface area contributed by atoms with Crippen molar-refractivity contribution in [1.82, 2.24) is 9.97 Å². The monoisotopic (exact) mass is 265 g/mol. The minimum atomic E-state index is -0.744. The Bertz CT molecular complexity index is 453. The van der Waals surface area contributed by atoms with Gasteiger partial charge in [0.25, 0.3) is 0 Å². The fourth-order valence-corrected chi connectivity index (χ4v) is 2.26. The maximum absolute atomic E-state index is 11.1. The number of ether oxygens (including phenoxy) is 1. The Balaban J connectivity index is 2.08. The largest absolute Gasteiger partial charge is 0.481 e. The van der Waals surface area contributed by atoms with E-state index in [1.807, 2.05) is 18.7 Å². The molecule has 1 aliphatic heterocycles. The lowest BCUT2D eigenvalue weighted by Gasteiger charge is -2.17. The number of anilines is 1. The van der Waals surface area contributed by atoms with Gasteiger partial charge in [-0.05, 0) is 12.3 Å². The number of aliphatic carboxylic acids is 1. The first kappa shape index (κ1) is 13.6. The van der Waals surface area contributed by atoms with Gasteiger partial charge in [0.2, 0.25) is 5.88 Å². The number of hydrogen-bond acceptors (Lipinski definition) is 5. The molecule has 0 bridgehead atoms. The van der Waals surface area contributed by atoms with Crippen molar-refractivity contribution < 1.29 is 14.6 Å². The lowest BCUT2D eigenvalue weighted by Crippen LogP contribution is -2.23. The number of aromatic nitrogens is 2. The fraction of sp³-hybridized carbons (Fsp3) is 0.615. The van der Waals surface area contributed by atoms with Gasteiger partial charge in [0.05, 0.1) is 12.5 Å². The standard InChI is InChI=1S/C13H19N3O3/c1-3-4-19-12-5-11(14-8-15-12)16-6-9(2)10(7-16)13(17)18/h5,8-10H,3-4,6-7H2,1-2H3,(H,17,18). The number of rotatable bonds is 5. The summed E-state index contributed by atoms with van der Waals surface area (Å²) in [5, 5.41) is 9.13. The van der Waals surface area contributed by atoms with Crippen molar-refractivity contribution in [1.29, 1.82) is 0 Å². The molecule has 6 heteroatoms. The van der Waals surface area contributed by atoms with Crippen LogP contribution in [0.25, 0.3) is 0 Å². The van der Waals surface area contributed by atoms with Crippen molar-refractivity contribution in [2.45, 2.75) is 20.3 Å². The van der Waals surface area contributed by atoms with E-state index in [0.29, 0.717) is 25.6 Å². The number of carboxylic acids is 1. The van der Waals surface area contributed by atoms with Crippen LogP contribution >= 0.6 is 0 Å². The van der Waals surface area contributed by atoms with Crippen LogP contribution in [-0.4, -0.2) is 40.7 Å². The van der Waals surface area contributed by atoms with E-state index in [0.717, 1.165) is 12.2 Å². The third kappa shape index (κ3) is 3.13. The van der Waals surface area contributed by atoms with E-state index in [1.165, 1.54) is 6.33 Å². The molecular weight excluding hydrogens is 246 g/mol. The number of carboxylic acid groups (broad SMARTS) is 1. The molecule has 2 atom stereocenters. The molecule has 104 valence electrons. The highest BCUT2D eigenvalue weighted by Crippen LogP contribution is 2.28. The quantitative estimate of drug-likeness (QED) is 0.867. The van der Waals surface area contributed by atoms with E-state index in [-0.39, 0.29) is 11.8 Å². The Morgan fingerprint density at radius 3 is 2.95 bits per heavy atom. The molecule has 0 aromatic carbocycles. The van der Waals surface area contributed by atoms with Gasteiger partial charge in [-0.2, -0.15) is 0 Å². The summed E-state index contributed by atoms with van der Waals surface area (Å²) in [5.41, 5.74) is 0. The molecule has 0 spiro atoms. The Kier molecular flexibility index (Phi) is 4.19. The normalized spacial score (nSPS) is 22.5. The average Bonchev–Trinajstić information content (AvgIpc) is 2.79. The van der Waals surface area contributed by atoms with Crippen molar-refractivity contribution in [3.05, 3.63) is 12.4 Å². The Morgan fingerprint density at radius 1 is 1.53 bits per heavy atom. The van der Waals surface area contributed by atoms with Crippen molar-refractivity contribution in [3.63, 3.8) is 0 Å². The molecule has 19 heavy (non-hydrogen) atoms. The predicted octanol–water partition coefficient (Wildman–Crippen LogP) is 1.42. The van der Waals surface area contributed by atoms with Gasteiger partial charge < -0.3 is 14.7 Å². The molecule has 1 N–H and O–H groups in total. The maximum Gasteiger partial charge on any atom is 0.308 e. The molecule has 0 radical (unpaired) electrons. The minimum Gasteiger partial charge on any atom is -0.481 e. The van der Waals surface area contributed by atoms with E-state index >= 15 is 0 Å². The van der Waals surface area contributed by atoms with Crippen molar-refractivity contribution >= 4 is 11.8 Å². The molecule has 1 aromatic heterocycles. The zero-order chi connectivity index (χ0) is 13.8. The van der Waals surface area contributed by atoms with Crippen LogP contribution in [0.4, 0.5) is 5.82 Å². The summed E-state index contributed by atoms with van der Waals surface area (Å²) in [6.07, 6.45) is 2.38. The van der Waals surface area contributed by atoms with Gasteiger partial charge in [-0.3, -0.25) is 4.79 Å². The zero-order valence-corrected chi connectivity index (χ0v) is 11.2. The molecule has 6 nitrogen and oxygen atoms in total. The van der Waals surface area contributed by atoms with Crippen LogP contribution in [0.15, 0.2) is 12.4 Å². The van der Waals surface area contributed by atoms with E-state index in [4.69, 9.17) is 9.84 Å². The number of nitrogens with zero attached hydrogens (tertiary/aromatic N) is 3. The third-order valence-electron chi connectivity index (χ3n) is 3.34. The van der Waals surface area contributed by atoms with E-state index in [2.05, 4.69) is 9.97 Å². The molecule has 1 aliphatic rings. The van der Waals surface area contributed by atoms with Crippen LogP contribution in [0.3, 0.4) is 0 Å². The predicted molar refractivity (Wildman–Crippen MR) is 70.3 cm³/mol. The maximum atomic E-state index is 11.1. The molecule has 2 unspecified atom stereocenters. The summed E-state index contributed by atoms with van der Waals surface area (Å²) < 4.78 is 5.46.